The van der Waals surface area contributed by atoms with Crippen LogP contribution in [0.5, 0.6) is 0 Å². The maximum absolute atomic E-state index is 14.6. The Morgan fingerprint density at radius 3 is 1.40 bits per heavy atom. The molecule has 0 radical (unpaired) electrons. The van der Waals surface area contributed by atoms with E-state index in [2.05, 4.69) is 71.1 Å². The minimum atomic E-state index is -1.85. The zero-order chi connectivity index (χ0) is 69.0. The number of aliphatic hydroxyl groups is 3. The molecule has 34 heteroatoms. The standard InChI is InChI=1S/C56H98N14O19S/c1-12-27(6)41(55(87)70-21-15-17-37(70)50(82)63-35(22-25(2)3)49(81)69-44(32(11)73)54(86)64-36(24-90)56(88)89)67-51(83)40(26(4)5)66-48(80)34(18-19-39(75)76)62-53(85)43(31(10)72)68-46(78)29(8)59-45(77)28(7)60-47(79)33(16-13-14-20-57)61-52(84)42(30(9)71)65-38(74)23-58/h25-37,40-44,71-73,90H,12-24,57-58H2,1-11H3,(H,59,77)(H,60,79)(H,61,84)(H,62,85)(H,63,82)(H,64,86)(H,65,74)(H,66,80)(H,67,83)(H,68,78)(H,69,81)(H,75,76)(H,88,89)/t27-,28-,29-,30+,31+,32+,33-,34-,35-,36-,37-,40-,41-,42-,43-,44-/m0/s1. The number of aliphatic hydroxyl groups excluding tert-OH is 3. The first-order valence-electron chi connectivity index (χ1n) is 30.1. The highest BCUT2D eigenvalue weighted by molar-refractivity contribution is 7.80. The smallest absolute Gasteiger partial charge is 0.327 e. The van der Waals surface area contributed by atoms with E-state index < -0.39 is 205 Å². The monoisotopic (exact) mass is 1300 g/mol. The van der Waals surface area contributed by atoms with Crippen LogP contribution in [-0.4, -0.2) is 229 Å². The SMILES string of the molecule is CC[C@H](C)[C@H](NC(=O)[C@@H](NC(=O)[C@H](CCC(=O)O)NC(=O)[C@@H](NC(=O)[C@H](C)NC(=O)[C@H](C)NC(=O)[C@H](CCCCN)NC(=O)[C@@H](NC(=O)CN)[C@@H](C)O)[C@@H](C)O)C(C)C)C(=O)N1CCC[C@H]1C(=O)N[C@@H](CC(C)C)C(=O)N[C@H](C(=O)N[C@@H](CS)C(=O)O)[C@@H](C)O. The van der Waals surface area contributed by atoms with Crippen LogP contribution in [0.15, 0.2) is 0 Å². The number of unbranched alkanes of at least 4 members (excludes halogenated alkanes) is 1. The van der Waals surface area contributed by atoms with Crippen LogP contribution in [0.4, 0.5) is 0 Å². The van der Waals surface area contributed by atoms with Crippen LogP contribution in [0.25, 0.3) is 0 Å². The molecule has 0 aromatic carbocycles. The molecule has 1 rings (SSSR count). The topological polar surface area (TPSA) is 528 Å². The largest absolute Gasteiger partial charge is 0.481 e. The molecule has 12 amide bonds. The van der Waals surface area contributed by atoms with Gasteiger partial charge in [-0.1, -0.05) is 48.0 Å². The van der Waals surface area contributed by atoms with Crippen molar-refractivity contribution in [2.75, 3.05) is 25.4 Å². The minimum Gasteiger partial charge on any atom is -0.481 e. The lowest BCUT2D eigenvalue weighted by Gasteiger charge is -2.34. The van der Waals surface area contributed by atoms with Crippen molar-refractivity contribution in [2.24, 2.45) is 29.2 Å². The maximum atomic E-state index is 14.6. The molecule has 1 aliphatic heterocycles. The van der Waals surface area contributed by atoms with Gasteiger partial charge in [0.05, 0.1) is 24.9 Å². The van der Waals surface area contributed by atoms with Gasteiger partial charge in [0.25, 0.3) is 0 Å². The van der Waals surface area contributed by atoms with E-state index in [0.29, 0.717) is 25.7 Å². The van der Waals surface area contributed by atoms with Gasteiger partial charge < -0.3 is 100 Å². The highest BCUT2D eigenvalue weighted by atomic mass is 32.1. The molecule has 1 saturated heterocycles. The van der Waals surface area contributed by atoms with Crippen molar-refractivity contribution < 1.29 is 92.7 Å². The van der Waals surface area contributed by atoms with E-state index >= 15 is 0 Å². The third-order valence-corrected chi connectivity index (χ3v) is 15.1. The van der Waals surface area contributed by atoms with Crippen LogP contribution in [0.3, 0.4) is 0 Å². The van der Waals surface area contributed by atoms with Gasteiger partial charge >= 0.3 is 11.9 Å². The van der Waals surface area contributed by atoms with E-state index in [0.717, 1.165) is 6.92 Å². The second-order valence-corrected chi connectivity index (χ2v) is 23.7. The Morgan fingerprint density at radius 1 is 0.511 bits per heavy atom. The number of likely N-dealkylation sites (tertiary alicyclic amines) is 1. The van der Waals surface area contributed by atoms with Crippen molar-refractivity contribution >= 4 is 95.5 Å². The molecule has 1 heterocycles. The predicted molar refractivity (Wildman–Crippen MR) is 326 cm³/mol. The molecule has 0 spiro atoms. The second-order valence-electron chi connectivity index (χ2n) is 23.3. The van der Waals surface area contributed by atoms with Gasteiger partial charge in [-0.3, -0.25) is 62.3 Å². The average molecular weight is 1300 g/mol. The molecule has 90 heavy (non-hydrogen) atoms. The first kappa shape index (κ1) is 80.7. The number of carboxylic acid groups (broad SMARTS) is 2. The van der Waals surface area contributed by atoms with Crippen molar-refractivity contribution in [3.05, 3.63) is 0 Å². The fourth-order valence-electron chi connectivity index (χ4n) is 9.20. The van der Waals surface area contributed by atoms with E-state index in [9.17, 15) is 92.7 Å². The highest BCUT2D eigenvalue weighted by Crippen LogP contribution is 2.23. The van der Waals surface area contributed by atoms with Gasteiger partial charge in [0.15, 0.2) is 0 Å². The van der Waals surface area contributed by atoms with Crippen LogP contribution in [0, 0.1) is 17.8 Å². The van der Waals surface area contributed by atoms with Gasteiger partial charge in [0.2, 0.25) is 70.9 Å². The lowest BCUT2D eigenvalue weighted by molar-refractivity contribution is -0.144. The number of nitrogens with zero attached hydrogens (tertiary/aromatic N) is 1. The lowest BCUT2D eigenvalue weighted by Crippen LogP contribution is -2.62. The number of aliphatic carboxylic acids is 2. The summed E-state index contributed by atoms with van der Waals surface area (Å²) in [5.74, 6) is -15.7. The second kappa shape index (κ2) is 39.8. The van der Waals surface area contributed by atoms with Gasteiger partial charge in [0.1, 0.15) is 72.5 Å². The molecule has 33 nitrogen and oxygen atoms in total. The summed E-state index contributed by atoms with van der Waals surface area (Å²) in [6.45, 7) is 15.8. The molecule has 0 unspecified atom stereocenters. The normalized spacial score (nSPS) is 18.0. The first-order valence-corrected chi connectivity index (χ1v) is 30.7. The molecule has 20 N–H and O–H groups in total. The van der Waals surface area contributed by atoms with Crippen molar-refractivity contribution in [2.45, 2.75) is 225 Å². The summed E-state index contributed by atoms with van der Waals surface area (Å²) < 4.78 is 0. The number of hydrogen-bond donors (Lipinski definition) is 19. The van der Waals surface area contributed by atoms with Gasteiger partial charge in [-0.25, -0.2) is 4.79 Å². The lowest BCUT2D eigenvalue weighted by atomic mass is 9.95. The zero-order valence-corrected chi connectivity index (χ0v) is 54.0. The summed E-state index contributed by atoms with van der Waals surface area (Å²) in [4.78, 5) is 188. The maximum Gasteiger partial charge on any atom is 0.327 e. The number of amides is 12. The Balaban J connectivity index is 3.35. The highest BCUT2D eigenvalue weighted by Gasteiger charge is 2.43. The summed E-state index contributed by atoms with van der Waals surface area (Å²) in [6, 6.07) is -17.6. The predicted octanol–water partition coefficient (Wildman–Crippen LogP) is -5.79. The van der Waals surface area contributed by atoms with E-state index in [1.54, 1.807) is 41.5 Å². The van der Waals surface area contributed by atoms with E-state index in [1.165, 1.54) is 32.6 Å². The fraction of sp³-hybridized carbons (Fsp3) is 0.750. The van der Waals surface area contributed by atoms with Crippen LogP contribution in [0.1, 0.15) is 134 Å². The Kier molecular flexibility index (Phi) is 35.7. The summed E-state index contributed by atoms with van der Waals surface area (Å²) in [5.41, 5.74) is 10.9. The fourth-order valence-corrected chi connectivity index (χ4v) is 9.45. The molecule has 0 aromatic rings. The van der Waals surface area contributed by atoms with Gasteiger partial charge in [0, 0.05) is 18.7 Å². The first-order chi connectivity index (χ1) is 42.0. The van der Waals surface area contributed by atoms with Gasteiger partial charge in [-0.05, 0) is 104 Å². The Bertz CT molecular complexity index is 2490. The molecular formula is C56H98N14O19S. The van der Waals surface area contributed by atoms with Crippen LogP contribution < -0.4 is 70.0 Å². The summed E-state index contributed by atoms with van der Waals surface area (Å²) >= 11 is 3.92. The molecule has 512 valence electrons. The molecule has 1 fully saturated rings. The van der Waals surface area contributed by atoms with Crippen LogP contribution in [-0.2, 0) is 67.1 Å². The van der Waals surface area contributed by atoms with Crippen LogP contribution >= 0.6 is 12.6 Å². The molecule has 1 aliphatic rings. The Hall–Kier alpha value is -7.27. The molecule has 16 atom stereocenters. The summed E-state index contributed by atoms with van der Waals surface area (Å²) in [6.07, 6.45) is -4.29. The van der Waals surface area contributed by atoms with Crippen molar-refractivity contribution in [1.29, 1.82) is 0 Å². The van der Waals surface area contributed by atoms with Crippen LogP contribution in [0.2, 0.25) is 0 Å². The van der Waals surface area contributed by atoms with Gasteiger partial charge in [-0.2, -0.15) is 12.6 Å². The number of nitrogens with two attached hydrogens (primary N) is 2. The Labute approximate surface area is 529 Å². The number of carbonyl (C=O) groups excluding carboxylic acids is 12. The van der Waals surface area contributed by atoms with Crippen molar-refractivity contribution in [3.8, 4) is 0 Å². The number of hydrogen-bond acceptors (Lipinski definition) is 20. The third-order valence-electron chi connectivity index (χ3n) is 14.8. The average Bonchev–Trinajstić information content (AvgIpc) is 1.75. The number of nitrogens with one attached hydrogen (secondary N) is 11. The number of carboxylic acids is 2. The number of carbonyl (C=O) groups is 14. The van der Waals surface area contributed by atoms with E-state index in [-0.39, 0.29) is 44.0 Å². The van der Waals surface area contributed by atoms with Gasteiger partial charge in [-0.15, -0.1) is 0 Å². The number of thiol groups is 1. The molecule has 0 bridgehead atoms. The van der Waals surface area contributed by atoms with E-state index in [4.69, 9.17) is 11.5 Å². The summed E-state index contributed by atoms with van der Waals surface area (Å²) in [7, 11) is 0. The third kappa shape index (κ3) is 26.7. The summed E-state index contributed by atoms with van der Waals surface area (Å²) in [5, 5.41) is 76.9. The van der Waals surface area contributed by atoms with E-state index in [1.807, 2.05) is 0 Å². The molecule has 0 aliphatic carbocycles. The quantitative estimate of drug-likeness (QED) is 0.0201. The molecule has 0 saturated carbocycles. The van der Waals surface area contributed by atoms with Crippen molar-refractivity contribution in [3.63, 3.8) is 0 Å². The Morgan fingerprint density at radius 2 is 0.944 bits per heavy atom. The minimum absolute atomic E-state index is 0.0224. The molecule has 0 aromatic heterocycles. The number of rotatable bonds is 40. The zero-order valence-electron chi connectivity index (χ0n) is 53.1. The molecular weight excluding hydrogens is 1200 g/mol. The van der Waals surface area contributed by atoms with Crippen molar-refractivity contribution in [1.82, 2.24) is 63.4 Å².